The van der Waals surface area contributed by atoms with Crippen LogP contribution in [0.5, 0.6) is 0 Å². The first-order chi connectivity index (χ1) is 13.3. The van der Waals surface area contributed by atoms with E-state index in [0.29, 0.717) is 24.3 Å². The van der Waals surface area contributed by atoms with Gasteiger partial charge in [0, 0.05) is 30.2 Å². The molecular formula is C20H29N3O3S2. The Morgan fingerprint density at radius 2 is 1.82 bits per heavy atom. The first-order valence-corrected chi connectivity index (χ1v) is 11.8. The maximum absolute atomic E-state index is 12.9. The Hall–Kier alpha value is -1.74. The summed E-state index contributed by atoms with van der Waals surface area (Å²) < 4.78 is 27.1. The van der Waals surface area contributed by atoms with Crippen molar-refractivity contribution in [2.45, 2.75) is 39.1 Å². The molecule has 2 rings (SSSR count). The molecule has 8 heteroatoms. The SMILES string of the molecule is CCN(CC(=O)Nc1ccc(C)c(S(=O)(=O)N(CC)CC)c1)Cc1cccs1. The molecule has 0 fully saturated rings. The standard InChI is InChI=1S/C20H29N3O3S2/c1-5-22(14-18-9-8-12-27-18)15-20(24)21-17-11-10-16(4)19(13-17)28(25,26)23(6-2)7-3/h8-13H,5-7,14-15H2,1-4H3,(H,21,24). The van der Waals surface area contributed by atoms with Gasteiger partial charge >= 0.3 is 0 Å². The van der Waals surface area contributed by atoms with Crippen LogP contribution in [0.15, 0.2) is 40.6 Å². The molecule has 0 spiro atoms. The van der Waals surface area contributed by atoms with Crippen molar-refractivity contribution in [1.29, 1.82) is 0 Å². The fourth-order valence-corrected chi connectivity index (χ4v) is 5.42. The molecule has 0 aliphatic rings. The second-order valence-electron chi connectivity index (χ2n) is 6.50. The minimum absolute atomic E-state index is 0.159. The van der Waals surface area contributed by atoms with Gasteiger partial charge in [0.1, 0.15) is 0 Å². The molecule has 154 valence electrons. The molecule has 0 radical (unpaired) electrons. The highest BCUT2D eigenvalue weighted by Crippen LogP contribution is 2.23. The molecule has 0 aliphatic heterocycles. The number of sulfonamides is 1. The van der Waals surface area contributed by atoms with Crippen LogP contribution in [0.1, 0.15) is 31.2 Å². The molecule has 1 heterocycles. The van der Waals surface area contributed by atoms with Gasteiger partial charge in [0.05, 0.1) is 11.4 Å². The number of hydrogen-bond acceptors (Lipinski definition) is 5. The summed E-state index contributed by atoms with van der Waals surface area (Å²) in [5, 5.41) is 4.86. The number of likely N-dealkylation sites (N-methyl/N-ethyl adjacent to an activating group) is 1. The van der Waals surface area contributed by atoms with Gasteiger partial charge in [0.2, 0.25) is 15.9 Å². The van der Waals surface area contributed by atoms with Crippen molar-refractivity contribution < 1.29 is 13.2 Å². The fourth-order valence-electron chi connectivity index (χ4n) is 2.96. The van der Waals surface area contributed by atoms with Gasteiger partial charge in [-0.05, 0) is 42.6 Å². The summed E-state index contributed by atoms with van der Waals surface area (Å²) in [7, 11) is -3.58. The topological polar surface area (TPSA) is 69.7 Å². The highest BCUT2D eigenvalue weighted by atomic mass is 32.2. The lowest BCUT2D eigenvalue weighted by atomic mass is 10.2. The molecule has 1 amide bonds. The number of carbonyl (C=O) groups excluding carboxylic acids is 1. The average Bonchev–Trinajstić information content (AvgIpc) is 3.16. The number of benzene rings is 1. The molecule has 0 atom stereocenters. The van der Waals surface area contributed by atoms with Crippen LogP contribution in [0.4, 0.5) is 5.69 Å². The molecule has 1 aromatic carbocycles. The first-order valence-electron chi connectivity index (χ1n) is 9.47. The van der Waals surface area contributed by atoms with E-state index in [0.717, 1.165) is 13.1 Å². The molecule has 1 aromatic heterocycles. The molecule has 0 saturated carbocycles. The zero-order valence-corrected chi connectivity index (χ0v) is 18.6. The largest absolute Gasteiger partial charge is 0.325 e. The van der Waals surface area contributed by atoms with E-state index >= 15 is 0 Å². The van der Waals surface area contributed by atoms with Gasteiger partial charge in [-0.15, -0.1) is 11.3 Å². The molecule has 0 unspecified atom stereocenters. The second kappa shape index (κ2) is 10.2. The van der Waals surface area contributed by atoms with Crippen LogP contribution in [-0.2, 0) is 21.4 Å². The van der Waals surface area contributed by atoms with E-state index in [1.807, 2.05) is 37.1 Å². The van der Waals surface area contributed by atoms with Crippen molar-refractivity contribution in [1.82, 2.24) is 9.21 Å². The molecule has 1 N–H and O–H groups in total. The van der Waals surface area contributed by atoms with Crippen LogP contribution in [-0.4, -0.2) is 49.7 Å². The van der Waals surface area contributed by atoms with Gasteiger partial charge in [-0.2, -0.15) is 4.31 Å². The minimum atomic E-state index is -3.58. The summed E-state index contributed by atoms with van der Waals surface area (Å²) in [5.41, 5.74) is 1.16. The summed E-state index contributed by atoms with van der Waals surface area (Å²) in [6.45, 7) is 9.94. The smallest absolute Gasteiger partial charge is 0.243 e. The first kappa shape index (κ1) is 22.5. The van der Waals surface area contributed by atoms with Gasteiger partial charge in [0.25, 0.3) is 0 Å². The predicted molar refractivity (Wildman–Crippen MR) is 115 cm³/mol. The minimum Gasteiger partial charge on any atom is -0.325 e. The van der Waals surface area contributed by atoms with Crippen molar-refractivity contribution in [2.75, 3.05) is 31.5 Å². The van der Waals surface area contributed by atoms with Crippen LogP contribution < -0.4 is 5.32 Å². The number of hydrogen-bond donors (Lipinski definition) is 1. The zero-order chi connectivity index (χ0) is 20.7. The van der Waals surface area contributed by atoms with Gasteiger partial charge in [0.15, 0.2) is 0 Å². The lowest BCUT2D eigenvalue weighted by Crippen LogP contribution is -2.33. The normalized spacial score (nSPS) is 11.9. The summed E-state index contributed by atoms with van der Waals surface area (Å²) in [4.78, 5) is 16.0. The monoisotopic (exact) mass is 423 g/mol. The lowest BCUT2D eigenvalue weighted by molar-refractivity contribution is -0.117. The van der Waals surface area contributed by atoms with E-state index < -0.39 is 10.0 Å². The number of thiophene rings is 1. The van der Waals surface area contributed by atoms with Crippen molar-refractivity contribution >= 4 is 33.0 Å². The number of anilines is 1. The van der Waals surface area contributed by atoms with Crippen molar-refractivity contribution in [3.05, 3.63) is 46.2 Å². The Balaban J connectivity index is 2.12. The fraction of sp³-hybridized carbons (Fsp3) is 0.450. The lowest BCUT2D eigenvalue weighted by Gasteiger charge is -2.21. The number of nitrogens with zero attached hydrogens (tertiary/aromatic N) is 2. The number of rotatable bonds is 10. The van der Waals surface area contributed by atoms with Gasteiger partial charge < -0.3 is 5.32 Å². The van der Waals surface area contributed by atoms with E-state index in [1.54, 1.807) is 36.5 Å². The molecule has 0 aliphatic carbocycles. The molecule has 0 bridgehead atoms. The van der Waals surface area contributed by atoms with E-state index in [9.17, 15) is 13.2 Å². The van der Waals surface area contributed by atoms with Crippen LogP contribution in [0.25, 0.3) is 0 Å². The molecular weight excluding hydrogens is 394 g/mol. The number of carbonyl (C=O) groups is 1. The van der Waals surface area contributed by atoms with E-state index in [2.05, 4.69) is 11.4 Å². The van der Waals surface area contributed by atoms with Gasteiger partial charge in [-0.25, -0.2) is 8.42 Å². The number of nitrogens with one attached hydrogen (secondary N) is 1. The molecule has 2 aromatic rings. The second-order valence-corrected chi connectivity index (χ2v) is 9.44. The van der Waals surface area contributed by atoms with Crippen LogP contribution >= 0.6 is 11.3 Å². The third-order valence-corrected chi connectivity index (χ3v) is 7.62. The Morgan fingerprint density at radius 1 is 1.11 bits per heavy atom. The third kappa shape index (κ3) is 5.64. The van der Waals surface area contributed by atoms with Crippen LogP contribution in [0, 0.1) is 6.92 Å². The number of amides is 1. The maximum Gasteiger partial charge on any atom is 0.243 e. The summed E-state index contributed by atoms with van der Waals surface area (Å²) in [6.07, 6.45) is 0. The van der Waals surface area contributed by atoms with Crippen LogP contribution in [0.2, 0.25) is 0 Å². The Labute approximate surface area is 172 Å². The summed E-state index contributed by atoms with van der Waals surface area (Å²) in [6, 6.07) is 9.07. The Bertz CT molecular complexity index is 876. The maximum atomic E-state index is 12.9. The third-order valence-electron chi connectivity index (χ3n) is 4.57. The molecule has 6 nitrogen and oxygen atoms in total. The van der Waals surface area contributed by atoms with E-state index in [1.165, 1.54) is 9.18 Å². The highest BCUT2D eigenvalue weighted by Gasteiger charge is 2.24. The van der Waals surface area contributed by atoms with E-state index in [4.69, 9.17) is 0 Å². The number of aryl methyl sites for hydroxylation is 1. The van der Waals surface area contributed by atoms with Crippen LogP contribution in [0.3, 0.4) is 0 Å². The summed E-state index contributed by atoms with van der Waals surface area (Å²) in [5.74, 6) is -0.159. The van der Waals surface area contributed by atoms with Gasteiger partial charge in [-0.3, -0.25) is 9.69 Å². The zero-order valence-electron chi connectivity index (χ0n) is 16.9. The quantitative estimate of drug-likeness (QED) is 0.634. The average molecular weight is 424 g/mol. The molecule has 0 saturated heterocycles. The summed E-state index contributed by atoms with van der Waals surface area (Å²) >= 11 is 1.67. The Morgan fingerprint density at radius 3 is 2.39 bits per heavy atom. The Kier molecular flexibility index (Phi) is 8.18. The van der Waals surface area contributed by atoms with E-state index in [-0.39, 0.29) is 17.3 Å². The highest BCUT2D eigenvalue weighted by molar-refractivity contribution is 7.89. The van der Waals surface area contributed by atoms with Gasteiger partial charge in [-0.1, -0.05) is 32.9 Å². The van der Waals surface area contributed by atoms with Crippen molar-refractivity contribution in [3.8, 4) is 0 Å². The predicted octanol–water partition coefficient (Wildman–Crippen LogP) is 3.55. The van der Waals surface area contributed by atoms with Crippen molar-refractivity contribution in [2.24, 2.45) is 0 Å². The molecule has 28 heavy (non-hydrogen) atoms. The van der Waals surface area contributed by atoms with Crippen molar-refractivity contribution in [3.63, 3.8) is 0 Å².